The van der Waals surface area contributed by atoms with E-state index in [4.69, 9.17) is 9.47 Å². The van der Waals surface area contributed by atoms with Gasteiger partial charge in [0.2, 0.25) is 11.0 Å². The Labute approximate surface area is 171 Å². The van der Waals surface area contributed by atoms with Gasteiger partial charge in [-0.05, 0) is 30.5 Å². The molecule has 10 heteroatoms. The van der Waals surface area contributed by atoms with Crippen LogP contribution < -0.4 is 10.1 Å². The number of carbonyl (C=O) groups is 1. The van der Waals surface area contributed by atoms with Crippen molar-refractivity contribution in [1.29, 1.82) is 0 Å². The van der Waals surface area contributed by atoms with Crippen LogP contribution in [-0.2, 0) is 16.1 Å². The van der Waals surface area contributed by atoms with Gasteiger partial charge in [0.15, 0.2) is 15.9 Å². The number of nitrogens with zero attached hydrogens (tertiary/aromatic N) is 3. The zero-order valence-corrected chi connectivity index (χ0v) is 17.4. The molecule has 1 amide bonds. The standard InChI is InChI=1S/C18H23FN4O3S2/c1-23(10-12-5-6-15(25-2)14(19)8-12)16(24)11-27-18-22-21-17(28-18)20-9-13-4-3-7-26-13/h5-6,8,13H,3-4,7,9-11H2,1-2H3,(H,20,21). The summed E-state index contributed by atoms with van der Waals surface area (Å²) in [5.74, 6) is -0.0685. The number of ether oxygens (including phenoxy) is 2. The van der Waals surface area contributed by atoms with E-state index in [1.807, 2.05) is 0 Å². The molecular weight excluding hydrogens is 403 g/mol. The molecule has 0 radical (unpaired) electrons. The van der Waals surface area contributed by atoms with Crippen molar-refractivity contribution >= 4 is 34.1 Å². The lowest BCUT2D eigenvalue weighted by atomic mass is 10.2. The Morgan fingerprint density at radius 2 is 2.36 bits per heavy atom. The van der Waals surface area contributed by atoms with Crippen molar-refractivity contribution in [1.82, 2.24) is 15.1 Å². The van der Waals surface area contributed by atoms with E-state index in [1.165, 1.54) is 36.3 Å². The van der Waals surface area contributed by atoms with E-state index >= 15 is 0 Å². The Kier molecular flexibility index (Phi) is 7.46. The Morgan fingerprint density at radius 1 is 1.50 bits per heavy atom. The highest BCUT2D eigenvalue weighted by Crippen LogP contribution is 2.26. The maximum Gasteiger partial charge on any atom is 0.233 e. The summed E-state index contributed by atoms with van der Waals surface area (Å²) in [7, 11) is 3.11. The first-order valence-electron chi connectivity index (χ1n) is 8.93. The maximum atomic E-state index is 13.8. The highest BCUT2D eigenvalue weighted by atomic mass is 32.2. The molecule has 1 saturated heterocycles. The zero-order chi connectivity index (χ0) is 19.9. The van der Waals surface area contributed by atoms with Gasteiger partial charge in [-0.25, -0.2) is 4.39 Å². The lowest BCUT2D eigenvalue weighted by molar-refractivity contribution is -0.127. The number of nitrogens with one attached hydrogen (secondary N) is 1. The van der Waals surface area contributed by atoms with Gasteiger partial charge in [0.25, 0.3) is 0 Å². The molecule has 1 fully saturated rings. The number of methoxy groups -OCH3 is 1. The van der Waals surface area contributed by atoms with E-state index in [9.17, 15) is 9.18 Å². The molecule has 0 spiro atoms. The van der Waals surface area contributed by atoms with Gasteiger partial charge in [-0.3, -0.25) is 4.79 Å². The first-order valence-corrected chi connectivity index (χ1v) is 10.7. The monoisotopic (exact) mass is 426 g/mol. The van der Waals surface area contributed by atoms with Crippen LogP contribution in [0.3, 0.4) is 0 Å². The zero-order valence-electron chi connectivity index (χ0n) is 15.8. The smallest absolute Gasteiger partial charge is 0.233 e. The Morgan fingerprint density at radius 3 is 3.07 bits per heavy atom. The summed E-state index contributed by atoms with van der Waals surface area (Å²) in [4.78, 5) is 13.9. The van der Waals surface area contributed by atoms with Crippen LogP contribution in [0, 0.1) is 5.82 Å². The summed E-state index contributed by atoms with van der Waals surface area (Å²) in [6.45, 7) is 1.87. The number of hydrogen-bond donors (Lipinski definition) is 1. The maximum absolute atomic E-state index is 13.8. The fourth-order valence-electron chi connectivity index (χ4n) is 2.75. The molecule has 0 aliphatic carbocycles. The number of halogens is 1. The molecule has 1 N–H and O–H groups in total. The van der Waals surface area contributed by atoms with E-state index in [1.54, 1.807) is 24.1 Å². The lowest BCUT2D eigenvalue weighted by Crippen LogP contribution is -2.27. The molecule has 2 heterocycles. The van der Waals surface area contributed by atoms with E-state index < -0.39 is 5.82 Å². The van der Waals surface area contributed by atoms with E-state index in [2.05, 4.69) is 15.5 Å². The molecule has 1 atom stereocenters. The minimum Gasteiger partial charge on any atom is -0.494 e. The van der Waals surface area contributed by atoms with E-state index in [-0.39, 0.29) is 23.5 Å². The second-order valence-electron chi connectivity index (χ2n) is 6.40. The number of benzene rings is 1. The van der Waals surface area contributed by atoms with E-state index in [0.717, 1.165) is 35.5 Å². The van der Waals surface area contributed by atoms with Gasteiger partial charge in [0.05, 0.1) is 19.0 Å². The summed E-state index contributed by atoms with van der Waals surface area (Å²) in [5.41, 5.74) is 0.704. The third-order valence-electron chi connectivity index (χ3n) is 4.29. The fraction of sp³-hybridized carbons (Fsp3) is 0.500. The van der Waals surface area contributed by atoms with Gasteiger partial charge >= 0.3 is 0 Å². The molecular formula is C18H23FN4O3S2. The number of anilines is 1. The van der Waals surface area contributed by atoms with Gasteiger partial charge in [0.1, 0.15) is 0 Å². The van der Waals surface area contributed by atoms with Crippen LogP contribution >= 0.6 is 23.1 Å². The summed E-state index contributed by atoms with van der Waals surface area (Å²) < 4.78 is 25.0. The van der Waals surface area contributed by atoms with Crippen LogP contribution in [-0.4, -0.2) is 60.2 Å². The molecule has 152 valence electrons. The van der Waals surface area contributed by atoms with Crippen LogP contribution in [0.1, 0.15) is 18.4 Å². The topological polar surface area (TPSA) is 76.6 Å². The molecule has 1 unspecified atom stereocenters. The van der Waals surface area contributed by atoms with Crippen LogP contribution in [0.5, 0.6) is 5.75 Å². The fourth-order valence-corrected chi connectivity index (χ4v) is 4.45. The minimum absolute atomic E-state index is 0.0645. The normalized spacial score (nSPS) is 16.2. The Hall–Kier alpha value is -1.91. The van der Waals surface area contributed by atoms with Gasteiger partial charge < -0.3 is 19.7 Å². The molecule has 1 aromatic heterocycles. The molecule has 1 aromatic carbocycles. The van der Waals surface area contributed by atoms with Crippen LogP contribution in [0.15, 0.2) is 22.5 Å². The molecule has 3 rings (SSSR count). The molecule has 0 saturated carbocycles. The Balaban J connectivity index is 1.43. The molecule has 1 aliphatic rings. The van der Waals surface area contributed by atoms with Crippen LogP contribution in [0.4, 0.5) is 9.52 Å². The molecule has 28 heavy (non-hydrogen) atoms. The van der Waals surface area contributed by atoms with Crippen molar-refractivity contribution < 1.29 is 18.7 Å². The SMILES string of the molecule is COc1ccc(CN(C)C(=O)CSc2nnc(NCC3CCCO3)s2)cc1F. The number of thioether (sulfide) groups is 1. The minimum atomic E-state index is -0.438. The number of carbonyl (C=O) groups excluding carboxylic acids is 1. The second-order valence-corrected chi connectivity index (χ2v) is 8.60. The van der Waals surface area contributed by atoms with Crippen molar-refractivity contribution in [2.45, 2.75) is 29.8 Å². The first-order chi connectivity index (χ1) is 13.5. The summed E-state index contributed by atoms with van der Waals surface area (Å²) in [6, 6.07) is 4.69. The molecule has 1 aliphatic heterocycles. The van der Waals surface area contributed by atoms with Gasteiger partial charge in [-0.1, -0.05) is 29.2 Å². The Bertz CT molecular complexity index is 799. The largest absolute Gasteiger partial charge is 0.494 e. The van der Waals surface area contributed by atoms with Gasteiger partial charge in [0, 0.05) is 26.7 Å². The molecule has 7 nitrogen and oxygen atoms in total. The van der Waals surface area contributed by atoms with Gasteiger partial charge in [-0.15, -0.1) is 10.2 Å². The van der Waals surface area contributed by atoms with Crippen molar-refractivity contribution in [3.05, 3.63) is 29.6 Å². The van der Waals surface area contributed by atoms with Crippen molar-refractivity contribution in [2.75, 3.05) is 38.4 Å². The predicted molar refractivity (Wildman–Crippen MR) is 108 cm³/mol. The predicted octanol–water partition coefficient (Wildman–Crippen LogP) is 3.03. The van der Waals surface area contributed by atoms with Crippen molar-refractivity contribution in [2.24, 2.45) is 0 Å². The quantitative estimate of drug-likeness (QED) is 0.618. The van der Waals surface area contributed by atoms with Crippen LogP contribution in [0.25, 0.3) is 0 Å². The number of aromatic nitrogens is 2. The first kappa shape index (κ1) is 20.8. The lowest BCUT2D eigenvalue weighted by Gasteiger charge is -2.17. The highest BCUT2D eigenvalue weighted by molar-refractivity contribution is 8.01. The average molecular weight is 427 g/mol. The average Bonchev–Trinajstić information content (AvgIpc) is 3.36. The molecule has 2 aromatic rings. The van der Waals surface area contributed by atoms with Gasteiger partial charge in [-0.2, -0.15) is 0 Å². The second kappa shape index (κ2) is 10.0. The third kappa shape index (κ3) is 5.79. The summed E-state index contributed by atoms with van der Waals surface area (Å²) in [5, 5.41) is 12.2. The number of rotatable bonds is 9. The number of amides is 1. The van der Waals surface area contributed by atoms with E-state index in [0.29, 0.717) is 12.1 Å². The van der Waals surface area contributed by atoms with Crippen molar-refractivity contribution in [3.8, 4) is 5.75 Å². The highest BCUT2D eigenvalue weighted by Gasteiger charge is 2.17. The third-order valence-corrected chi connectivity index (χ3v) is 6.29. The summed E-state index contributed by atoms with van der Waals surface area (Å²) >= 11 is 2.76. The molecule has 0 bridgehead atoms. The van der Waals surface area contributed by atoms with Crippen LogP contribution in [0.2, 0.25) is 0 Å². The van der Waals surface area contributed by atoms with Crippen molar-refractivity contribution in [3.63, 3.8) is 0 Å². The number of hydrogen-bond acceptors (Lipinski definition) is 8. The summed E-state index contributed by atoms with van der Waals surface area (Å²) in [6.07, 6.45) is 2.40.